The molecule has 0 saturated carbocycles. The minimum Gasteiger partial charge on any atom is -0.479 e. The number of hydrogen-bond acceptors (Lipinski definition) is 4. The van der Waals surface area contributed by atoms with E-state index >= 15 is 0 Å². The highest BCUT2D eigenvalue weighted by molar-refractivity contribution is 7.10. The van der Waals surface area contributed by atoms with Crippen molar-refractivity contribution in [2.75, 3.05) is 6.54 Å². The summed E-state index contributed by atoms with van der Waals surface area (Å²) in [6.45, 7) is 5.34. The van der Waals surface area contributed by atoms with Crippen LogP contribution in [0.3, 0.4) is 0 Å². The summed E-state index contributed by atoms with van der Waals surface area (Å²) in [5.41, 5.74) is 0.0230. The van der Waals surface area contributed by atoms with E-state index < -0.39 is 24.6 Å². The van der Waals surface area contributed by atoms with Gasteiger partial charge in [0.05, 0.1) is 11.6 Å². The summed E-state index contributed by atoms with van der Waals surface area (Å²) in [6.07, 6.45) is -2.10. The zero-order chi connectivity index (χ0) is 13.9. The number of carbonyl (C=O) groups is 2. The molecule has 0 aliphatic rings. The maximum absolute atomic E-state index is 12.8. The lowest BCUT2D eigenvalue weighted by atomic mass is 9.98. The molecule has 0 spiro atoms. The van der Waals surface area contributed by atoms with Gasteiger partial charge in [-0.3, -0.25) is 4.79 Å². The molecule has 1 aromatic rings. The van der Waals surface area contributed by atoms with E-state index in [-0.39, 0.29) is 11.1 Å². The Morgan fingerprint density at radius 3 is 2.61 bits per heavy atom. The normalized spacial score (nSPS) is 13.1. The Hall–Kier alpha value is -1.50. The van der Waals surface area contributed by atoms with Crippen molar-refractivity contribution >= 4 is 23.2 Å². The van der Waals surface area contributed by atoms with Gasteiger partial charge in [-0.25, -0.2) is 14.2 Å². The summed E-state index contributed by atoms with van der Waals surface area (Å²) in [5.74, 6) is -2.16. The molecule has 1 unspecified atom stereocenters. The van der Waals surface area contributed by atoms with Crippen LogP contribution in [0.2, 0.25) is 0 Å². The molecule has 18 heavy (non-hydrogen) atoms. The summed E-state index contributed by atoms with van der Waals surface area (Å²) < 4.78 is 12.8. The molecule has 0 aliphatic carbocycles. The second-order valence-electron chi connectivity index (χ2n) is 4.80. The first-order valence-corrected chi connectivity index (χ1v) is 6.21. The van der Waals surface area contributed by atoms with E-state index in [1.165, 1.54) is 11.3 Å². The number of nitrogens with zero attached hydrogens (tertiary/aromatic N) is 1. The highest BCUT2D eigenvalue weighted by Crippen LogP contribution is 2.25. The first-order valence-electron chi connectivity index (χ1n) is 5.33. The largest absolute Gasteiger partial charge is 0.479 e. The van der Waals surface area contributed by atoms with Crippen LogP contribution in [0.15, 0.2) is 5.38 Å². The number of carboxylic acids is 1. The van der Waals surface area contributed by atoms with Gasteiger partial charge in [-0.2, -0.15) is 0 Å². The van der Waals surface area contributed by atoms with Crippen LogP contribution >= 0.6 is 11.3 Å². The average molecular weight is 274 g/mol. The fraction of sp³-hybridized carbons (Fsp3) is 0.545. The number of carboxylic acid groups (broad SMARTS) is 1. The molecule has 1 amide bonds. The average Bonchev–Trinajstić information content (AvgIpc) is 2.73. The summed E-state index contributed by atoms with van der Waals surface area (Å²) in [5, 5.41) is 12.9. The molecule has 0 aromatic carbocycles. The topological polar surface area (TPSA) is 79.3 Å². The Balaban J connectivity index is 2.63. The van der Waals surface area contributed by atoms with Crippen molar-refractivity contribution in [3.63, 3.8) is 0 Å². The maximum atomic E-state index is 12.8. The summed E-state index contributed by atoms with van der Waals surface area (Å²) >= 11 is 1.34. The van der Waals surface area contributed by atoms with Gasteiger partial charge in [0.2, 0.25) is 6.17 Å². The van der Waals surface area contributed by atoms with Crippen LogP contribution in [-0.4, -0.2) is 34.7 Å². The van der Waals surface area contributed by atoms with E-state index in [4.69, 9.17) is 5.11 Å². The van der Waals surface area contributed by atoms with Crippen LogP contribution in [0.25, 0.3) is 0 Å². The van der Waals surface area contributed by atoms with Gasteiger partial charge in [-0.05, 0) is 0 Å². The zero-order valence-corrected chi connectivity index (χ0v) is 11.2. The standard InChI is InChI=1S/C11H15FN2O3S/c1-11(2,3)10-14-7(5-18-10)8(15)13-4-6(12)9(16)17/h5-6H,4H2,1-3H3,(H,13,15)(H,16,17). The van der Waals surface area contributed by atoms with Gasteiger partial charge in [0, 0.05) is 10.8 Å². The van der Waals surface area contributed by atoms with E-state index in [2.05, 4.69) is 10.3 Å². The van der Waals surface area contributed by atoms with Gasteiger partial charge in [-0.1, -0.05) is 20.8 Å². The number of amides is 1. The fourth-order valence-electron chi connectivity index (χ4n) is 1.08. The minimum absolute atomic E-state index is 0.160. The number of rotatable bonds is 4. The van der Waals surface area contributed by atoms with E-state index in [0.717, 1.165) is 5.01 Å². The third kappa shape index (κ3) is 3.76. The SMILES string of the molecule is CC(C)(C)c1nc(C(=O)NCC(F)C(=O)O)cs1. The Morgan fingerprint density at radius 1 is 1.56 bits per heavy atom. The van der Waals surface area contributed by atoms with Crippen LogP contribution in [-0.2, 0) is 10.2 Å². The molecule has 1 aromatic heterocycles. The number of nitrogens with one attached hydrogen (secondary N) is 1. The van der Waals surface area contributed by atoms with Gasteiger partial charge in [0.15, 0.2) is 0 Å². The smallest absolute Gasteiger partial charge is 0.340 e. The quantitative estimate of drug-likeness (QED) is 0.874. The molecule has 100 valence electrons. The number of alkyl halides is 1. The number of hydrogen-bond donors (Lipinski definition) is 2. The van der Waals surface area contributed by atoms with Gasteiger partial charge < -0.3 is 10.4 Å². The highest BCUT2D eigenvalue weighted by Gasteiger charge is 2.21. The molecule has 0 saturated heterocycles. The van der Waals surface area contributed by atoms with Crippen molar-refractivity contribution in [1.82, 2.24) is 10.3 Å². The Bertz CT molecular complexity index is 453. The maximum Gasteiger partial charge on any atom is 0.340 e. The summed E-state index contributed by atoms with van der Waals surface area (Å²) in [4.78, 5) is 26.0. The molecule has 1 rings (SSSR count). The number of thiazole rings is 1. The Kier molecular flexibility index (Phi) is 4.39. The van der Waals surface area contributed by atoms with Gasteiger partial charge in [0.25, 0.3) is 5.91 Å². The van der Waals surface area contributed by atoms with E-state index in [0.29, 0.717) is 0 Å². The molecular weight excluding hydrogens is 259 g/mol. The fourth-order valence-corrected chi connectivity index (χ4v) is 1.97. The van der Waals surface area contributed by atoms with Crippen molar-refractivity contribution in [3.8, 4) is 0 Å². The van der Waals surface area contributed by atoms with E-state index in [1.807, 2.05) is 20.8 Å². The lowest BCUT2D eigenvalue weighted by Crippen LogP contribution is -2.34. The van der Waals surface area contributed by atoms with Crippen LogP contribution < -0.4 is 5.32 Å². The van der Waals surface area contributed by atoms with Crippen molar-refractivity contribution in [2.24, 2.45) is 0 Å². The molecule has 2 N–H and O–H groups in total. The molecule has 7 heteroatoms. The summed E-state index contributed by atoms with van der Waals surface area (Å²) in [6, 6.07) is 0. The monoisotopic (exact) mass is 274 g/mol. The van der Waals surface area contributed by atoms with Gasteiger partial charge in [-0.15, -0.1) is 11.3 Å². The predicted molar refractivity (Wildman–Crippen MR) is 65.7 cm³/mol. The molecule has 1 atom stereocenters. The molecule has 0 radical (unpaired) electrons. The van der Waals surface area contributed by atoms with Crippen molar-refractivity contribution in [2.45, 2.75) is 32.4 Å². The van der Waals surface area contributed by atoms with Crippen LogP contribution in [0.5, 0.6) is 0 Å². The van der Waals surface area contributed by atoms with Gasteiger partial charge in [0.1, 0.15) is 5.69 Å². The number of aliphatic carboxylic acids is 1. The number of aromatic nitrogens is 1. The molecule has 0 fully saturated rings. The van der Waals surface area contributed by atoms with Crippen LogP contribution in [0.1, 0.15) is 36.3 Å². The van der Waals surface area contributed by atoms with Crippen LogP contribution in [0, 0.1) is 0 Å². The Labute approximate surface area is 108 Å². The van der Waals surface area contributed by atoms with Crippen molar-refractivity contribution in [3.05, 3.63) is 16.1 Å². The molecule has 0 aliphatic heterocycles. The number of carbonyl (C=O) groups excluding carboxylic acids is 1. The van der Waals surface area contributed by atoms with Crippen LogP contribution in [0.4, 0.5) is 4.39 Å². The second-order valence-corrected chi connectivity index (χ2v) is 5.66. The highest BCUT2D eigenvalue weighted by atomic mass is 32.1. The predicted octanol–water partition coefficient (Wildman–Crippen LogP) is 1.59. The lowest BCUT2D eigenvalue weighted by molar-refractivity contribution is -0.142. The third-order valence-corrected chi connectivity index (χ3v) is 3.36. The molecule has 1 heterocycles. The summed E-state index contributed by atoms with van der Waals surface area (Å²) in [7, 11) is 0. The number of halogens is 1. The first kappa shape index (κ1) is 14.6. The molecular formula is C11H15FN2O3S. The zero-order valence-electron chi connectivity index (χ0n) is 10.4. The van der Waals surface area contributed by atoms with Crippen molar-refractivity contribution < 1.29 is 19.1 Å². The first-order chi connectivity index (χ1) is 8.21. The van der Waals surface area contributed by atoms with Gasteiger partial charge >= 0.3 is 5.97 Å². The van der Waals surface area contributed by atoms with E-state index in [1.54, 1.807) is 5.38 Å². The molecule has 5 nitrogen and oxygen atoms in total. The van der Waals surface area contributed by atoms with Crippen molar-refractivity contribution in [1.29, 1.82) is 0 Å². The third-order valence-electron chi connectivity index (χ3n) is 2.09. The van der Waals surface area contributed by atoms with E-state index in [9.17, 15) is 14.0 Å². The second kappa shape index (κ2) is 5.43. The lowest BCUT2D eigenvalue weighted by Gasteiger charge is -2.13. The Morgan fingerprint density at radius 2 is 2.17 bits per heavy atom. The minimum atomic E-state index is -2.10. The molecule has 0 bridgehead atoms.